The summed E-state index contributed by atoms with van der Waals surface area (Å²) >= 11 is 0. The predicted octanol–water partition coefficient (Wildman–Crippen LogP) is 3.04. The summed E-state index contributed by atoms with van der Waals surface area (Å²) in [6.07, 6.45) is -5.78. The third-order valence-electron chi connectivity index (χ3n) is 3.04. The first kappa shape index (κ1) is 18.8. The van der Waals surface area contributed by atoms with Crippen molar-refractivity contribution in [1.29, 1.82) is 0 Å². The van der Waals surface area contributed by atoms with Crippen LogP contribution < -0.4 is 5.32 Å². The highest BCUT2D eigenvalue weighted by Gasteiger charge is 2.45. The molecule has 0 aliphatic heterocycles. The van der Waals surface area contributed by atoms with E-state index in [1.165, 1.54) is 6.92 Å². The summed E-state index contributed by atoms with van der Waals surface area (Å²) in [6.45, 7) is 2.03. The SMILES string of the molecule is CCOC(=O)C(NC(=O)OCc1ccccc1)C(C)C(F)(F)F. The average Bonchev–Trinajstić information content (AvgIpc) is 2.50. The molecule has 1 amide bonds. The number of hydrogen-bond donors (Lipinski definition) is 1. The van der Waals surface area contributed by atoms with Crippen molar-refractivity contribution < 1.29 is 32.2 Å². The number of carbonyl (C=O) groups excluding carboxylic acids is 2. The van der Waals surface area contributed by atoms with Crippen LogP contribution in [0.4, 0.5) is 18.0 Å². The summed E-state index contributed by atoms with van der Waals surface area (Å²) in [5, 5.41) is 1.92. The molecule has 8 heteroatoms. The number of nitrogens with one attached hydrogen (secondary N) is 1. The number of ether oxygens (including phenoxy) is 2. The molecular weight excluding hydrogens is 315 g/mol. The lowest BCUT2D eigenvalue weighted by Crippen LogP contribution is -2.50. The van der Waals surface area contributed by atoms with Crippen LogP contribution in [0.25, 0.3) is 0 Å². The molecule has 0 saturated heterocycles. The average molecular weight is 333 g/mol. The minimum Gasteiger partial charge on any atom is -0.464 e. The normalized spacial score (nSPS) is 13.8. The fourth-order valence-corrected chi connectivity index (χ4v) is 1.70. The van der Waals surface area contributed by atoms with Gasteiger partial charge in [0, 0.05) is 0 Å². The second-order valence-corrected chi connectivity index (χ2v) is 4.77. The number of esters is 1. The molecule has 0 saturated carbocycles. The van der Waals surface area contributed by atoms with Crippen molar-refractivity contribution in [3.8, 4) is 0 Å². The Balaban J connectivity index is 2.68. The molecular formula is C15H18F3NO4. The van der Waals surface area contributed by atoms with Crippen LogP contribution in [-0.2, 0) is 20.9 Å². The van der Waals surface area contributed by atoms with Crippen molar-refractivity contribution >= 4 is 12.1 Å². The first-order valence-corrected chi connectivity index (χ1v) is 6.96. The van der Waals surface area contributed by atoms with E-state index >= 15 is 0 Å². The van der Waals surface area contributed by atoms with E-state index in [1.807, 2.05) is 5.32 Å². The summed E-state index contributed by atoms with van der Waals surface area (Å²) < 4.78 is 47.8. The van der Waals surface area contributed by atoms with Gasteiger partial charge in [0.1, 0.15) is 12.6 Å². The fourth-order valence-electron chi connectivity index (χ4n) is 1.70. The highest BCUT2D eigenvalue weighted by Crippen LogP contribution is 2.29. The summed E-state index contributed by atoms with van der Waals surface area (Å²) in [7, 11) is 0. The third-order valence-corrected chi connectivity index (χ3v) is 3.04. The van der Waals surface area contributed by atoms with E-state index in [0.29, 0.717) is 5.56 Å². The van der Waals surface area contributed by atoms with E-state index < -0.39 is 30.2 Å². The maximum absolute atomic E-state index is 12.8. The van der Waals surface area contributed by atoms with Crippen molar-refractivity contribution in [2.45, 2.75) is 32.7 Å². The molecule has 5 nitrogen and oxygen atoms in total. The molecule has 2 unspecified atom stereocenters. The monoisotopic (exact) mass is 333 g/mol. The van der Waals surface area contributed by atoms with E-state index in [2.05, 4.69) is 4.74 Å². The van der Waals surface area contributed by atoms with E-state index in [1.54, 1.807) is 30.3 Å². The number of alkyl carbamates (subject to hydrolysis) is 1. The standard InChI is InChI=1S/C15H18F3NO4/c1-3-22-13(20)12(10(2)15(16,17)18)19-14(21)23-9-11-7-5-4-6-8-11/h4-8,10,12H,3,9H2,1-2H3,(H,19,21). The van der Waals surface area contributed by atoms with Gasteiger partial charge in [0.25, 0.3) is 0 Å². The molecule has 0 aliphatic carbocycles. The molecule has 1 aromatic carbocycles. The molecule has 2 atom stereocenters. The number of alkyl halides is 3. The van der Waals surface area contributed by atoms with E-state index in [0.717, 1.165) is 6.92 Å². The van der Waals surface area contributed by atoms with Gasteiger partial charge in [-0.2, -0.15) is 13.2 Å². The lowest BCUT2D eigenvalue weighted by atomic mass is 10.0. The van der Waals surface area contributed by atoms with Gasteiger partial charge in [-0.05, 0) is 12.5 Å². The van der Waals surface area contributed by atoms with Gasteiger partial charge in [-0.1, -0.05) is 37.3 Å². The third kappa shape index (κ3) is 6.17. The molecule has 128 valence electrons. The molecule has 0 radical (unpaired) electrons. The molecule has 0 aliphatic rings. The van der Waals surface area contributed by atoms with Crippen molar-refractivity contribution in [1.82, 2.24) is 5.32 Å². The maximum atomic E-state index is 12.8. The number of hydrogen-bond acceptors (Lipinski definition) is 4. The van der Waals surface area contributed by atoms with Gasteiger partial charge in [0.2, 0.25) is 0 Å². The Bertz CT molecular complexity index is 519. The van der Waals surface area contributed by atoms with Gasteiger partial charge in [-0.25, -0.2) is 9.59 Å². The quantitative estimate of drug-likeness (QED) is 0.813. The number of benzene rings is 1. The summed E-state index contributed by atoms with van der Waals surface area (Å²) in [4.78, 5) is 23.3. The van der Waals surface area contributed by atoms with Crippen molar-refractivity contribution in [3.63, 3.8) is 0 Å². The van der Waals surface area contributed by atoms with Gasteiger partial charge >= 0.3 is 18.2 Å². The highest BCUT2D eigenvalue weighted by molar-refractivity contribution is 5.81. The van der Waals surface area contributed by atoms with E-state index in [-0.39, 0.29) is 13.2 Å². The second-order valence-electron chi connectivity index (χ2n) is 4.77. The largest absolute Gasteiger partial charge is 0.464 e. The smallest absolute Gasteiger partial charge is 0.408 e. The zero-order valence-electron chi connectivity index (χ0n) is 12.7. The summed E-state index contributed by atoms with van der Waals surface area (Å²) in [5.41, 5.74) is 0.666. The minimum absolute atomic E-state index is 0.0966. The van der Waals surface area contributed by atoms with Gasteiger partial charge < -0.3 is 14.8 Å². The first-order valence-electron chi connectivity index (χ1n) is 6.96. The van der Waals surface area contributed by atoms with Crippen LogP contribution in [0.2, 0.25) is 0 Å². The number of rotatable bonds is 6. The van der Waals surface area contributed by atoms with Crippen LogP contribution in [-0.4, -0.2) is 30.9 Å². The fraction of sp³-hybridized carbons (Fsp3) is 0.467. The van der Waals surface area contributed by atoms with Crippen molar-refractivity contribution in [3.05, 3.63) is 35.9 Å². The number of halogens is 3. The molecule has 0 bridgehead atoms. The van der Waals surface area contributed by atoms with Crippen LogP contribution in [0.5, 0.6) is 0 Å². The predicted molar refractivity (Wildman–Crippen MR) is 75.4 cm³/mol. The molecule has 0 fully saturated rings. The lowest BCUT2D eigenvalue weighted by molar-refractivity contribution is -0.186. The Morgan fingerprint density at radius 2 is 1.78 bits per heavy atom. The van der Waals surface area contributed by atoms with Crippen LogP contribution in [0, 0.1) is 5.92 Å². The minimum atomic E-state index is -4.66. The molecule has 1 rings (SSSR count). The first-order chi connectivity index (χ1) is 10.8. The lowest BCUT2D eigenvalue weighted by Gasteiger charge is -2.24. The molecule has 0 heterocycles. The van der Waals surface area contributed by atoms with Crippen LogP contribution in [0.15, 0.2) is 30.3 Å². The molecule has 1 N–H and O–H groups in total. The van der Waals surface area contributed by atoms with Crippen LogP contribution >= 0.6 is 0 Å². The zero-order chi connectivity index (χ0) is 17.5. The van der Waals surface area contributed by atoms with E-state index in [4.69, 9.17) is 4.74 Å². The Labute approximate surface area is 131 Å². The van der Waals surface area contributed by atoms with Gasteiger partial charge in [-0.15, -0.1) is 0 Å². The Morgan fingerprint density at radius 3 is 2.30 bits per heavy atom. The molecule has 0 spiro atoms. The van der Waals surface area contributed by atoms with Crippen LogP contribution in [0.1, 0.15) is 19.4 Å². The number of carbonyl (C=O) groups is 2. The zero-order valence-corrected chi connectivity index (χ0v) is 12.7. The van der Waals surface area contributed by atoms with Crippen molar-refractivity contribution in [2.24, 2.45) is 5.92 Å². The Kier molecular flexibility index (Phi) is 6.87. The Hall–Kier alpha value is -2.25. The second kappa shape index (κ2) is 8.40. The van der Waals surface area contributed by atoms with E-state index in [9.17, 15) is 22.8 Å². The van der Waals surface area contributed by atoms with Gasteiger partial charge in [0.15, 0.2) is 0 Å². The number of amides is 1. The summed E-state index contributed by atoms with van der Waals surface area (Å²) in [5.74, 6) is -3.26. The van der Waals surface area contributed by atoms with Gasteiger partial charge in [0.05, 0.1) is 12.5 Å². The Morgan fingerprint density at radius 1 is 1.17 bits per heavy atom. The molecule has 1 aromatic rings. The highest BCUT2D eigenvalue weighted by atomic mass is 19.4. The molecule has 23 heavy (non-hydrogen) atoms. The van der Waals surface area contributed by atoms with Crippen molar-refractivity contribution in [2.75, 3.05) is 6.61 Å². The molecule has 0 aromatic heterocycles. The van der Waals surface area contributed by atoms with Gasteiger partial charge in [-0.3, -0.25) is 0 Å². The van der Waals surface area contributed by atoms with Crippen LogP contribution in [0.3, 0.4) is 0 Å². The maximum Gasteiger partial charge on any atom is 0.408 e. The summed E-state index contributed by atoms with van der Waals surface area (Å²) in [6, 6.07) is 6.74. The topological polar surface area (TPSA) is 64.6 Å².